The molecule has 0 unspecified atom stereocenters. The van der Waals surface area contributed by atoms with E-state index in [1.54, 1.807) is 0 Å². The van der Waals surface area contributed by atoms with Crippen molar-refractivity contribution in [3.63, 3.8) is 0 Å². The standard InChI is InChI=1S/C23H22N6/c1-15-9-10-20-18(11-15)19(27-28(20)3)13-29-14-25-21(17-7-5-4-6-8-17)22(29)23-24-12-16(2)26-23/h4-12,14H,13H2,1-3H3,(H,24,26). The van der Waals surface area contributed by atoms with Crippen molar-refractivity contribution in [1.29, 1.82) is 0 Å². The SMILES string of the molecule is Cc1ccc2c(c1)c(Cn1cnc(-c3ccccc3)c1-c1ncc(C)[nH]1)nn2C. The quantitative estimate of drug-likeness (QED) is 0.498. The van der Waals surface area contributed by atoms with Crippen LogP contribution in [0.5, 0.6) is 0 Å². The first-order chi connectivity index (χ1) is 14.1. The largest absolute Gasteiger partial charge is 0.341 e. The van der Waals surface area contributed by atoms with Gasteiger partial charge in [-0.2, -0.15) is 5.10 Å². The number of aryl methyl sites for hydroxylation is 3. The topological polar surface area (TPSA) is 64.3 Å². The average Bonchev–Trinajstić information content (AvgIpc) is 3.41. The number of fused-ring (bicyclic) bond motifs is 1. The minimum absolute atomic E-state index is 0.621. The van der Waals surface area contributed by atoms with Crippen LogP contribution < -0.4 is 0 Å². The molecule has 0 spiro atoms. The summed E-state index contributed by atoms with van der Waals surface area (Å²) in [6, 6.07) is 16.7. The van der Waals surface area contributed by atoms with Crippen molar-refractivity contribution in [3.05, 3.63) is 78.0 Å². The van der Waals surface area contributed by atoms with Crippen molar-refractivity contribution >= 4 is 10.9 Å². The van der Waals surface area contributed by atoms with Gasteiger partial charge in [-0.05, 0) is 26.0 Å². The lowest BCUT2D eigenvalue weighted by atomic mass is 10.1. The predicted octanol–water partition coefficient (Wildman–Crippen LogP) is 4.49. The summed E-state index contributed by atoms with van der Waals surface area (Å²) in [6.45, 7) is 4.74. The van der Waals surface area contributed by atoms with E-state index in [-0.39, 0.29) is 0 Å². The van der Waals surface area contributed by atoms with E-state index in [4.69, 9.17) is 10.1 Å². The van der Waals surface area contributed by atoms with E-state index in [0.717, 1.165) is 39.7 Å². The molecule has 6 heteroatoms. The van der Waals surface area contributed by atoms with E-state index in [1.807, 2.05) is 49.4 Å². The summed E-state index contributed by atoms with van der Waals surface area (Å²) >= 11 is 0. The van der Waals surface area contributed by atoms with E-state index < -0.39 is 0 Å². The molecule has 6 nitrogen and oxygen atoms in total. The molecule has 0 saturated carbocycles. The van der Waals surface area contributed by atoms with Gasteiger partial charge in [-0.3, -0.25) is 4.68 Å². The second-order valence-corrected chi connectivity index (χ2v) is 7.44. The number of hydrogen-bond donors (Lipinski definition) is 1. The summed E-state index contributed by atoms with van der Waals surface area (Å²) in [6.07, 6.45) is 3.73. The van der Waals surface area contributed by atoms with E-state index in [9.17, 15) is 0 Å². The fourth-order valence-electron chi connectivity index (χ4n) is 3.82. The van der Waals surface area contributed by atoms with Crippen LogP contribution in [0, 0.1) is 13.8 Å². The van der Waals surface area contributed by atoms with Crippen molar-refractivity contribution < 1.29 is 0 Å². The number of aromatic amines is 1. The highest BCUT2D eigenvalue weighted by Gasteiger charge is 2.19. The number of nitrogens with one attached hydrogen (secondary N) is 1. The van der Waals surface area contributed by atoms with Crippen LogP contribution in [0.25, 0.3) is 33.7 Å². The Labute approximate surface area is 168 Å². The molecule has 0 saturated heterocycles. The molecule has 0 aliphatic rings. The van der Waals surface area contributed by atoms with Gasteiger partial charge in [0.1, 0.15) is 5.69 Å². The fraction of sp³-hybridized carbons (Fsp3) is 0.174. The minimum atomic E-state index is 0.621. The molecule has 1 N–H and O–H groups in total. The molecule has 0 fully saturated rings. The third kappa shape index (κ3) is 3.02. The van der Waals surface area contributed by atoms with Crippen LogP contribution in [0.2, 0.25) is 0 Å². The normalized spacial score (nSPS) is 11.4. The van der Waals surface area contributed by atoms with Gasteiger partial charge >= 0.3 is 0 Å². The summed E-state index contributed by atoms with van der Waals surface area (Å²) in [5.74, 6) is 0.815. The van der Waals surface area contributed by atoms with Crippen LogP contribution in [0.4, 0.5) is 0 Å². The lowest BCUT2D eigenvalue weighted by Gasteiger charge is -2.08. The van der Waals surface area contributed by atoms with E-state index in [0.29, 0.717) is 6.54 Å². The summed E-state index contributed by atoms with van der Waals surface area (Å²) in [5.41, 5.74) is 7.34. The Hall–Kier alpha value is -3.67. The van der Waals surface area contributed by atoms with E-state index in [2.05, 4.69) is 51.8 Å². The minimum Gasteiger partial charge on any atom is -0.341 e. The van der Waals surface area contributed by atoms with Crippen molar-refractivity contribution in [2.24, 2.45) is 7.05 Å². The van der Waals surface area contributed by atoms with Gasteiger partial charge in [0.25, 0.3) is 0 Å². The first-order valence-electron chi connectivity index (χ1n) is 9.65. The van der Waals surface area contributed by atoms with Crippen molar-refractivity contribution in [1.82, 2.24) is 29.3 Å². The first kappa shape index (κ1) is 17.4. The summed E-state index contributed by atoms with van der Waals surface area (Å²) in [4.78, 5) is 12.7. The highest BCUT2D eigenvalue weighted by molar-refractivity contribution is 5.83. The van der Waals surface area contributed by atoms with E-state index >= 15 is 0 Å². The van der Waals surface area contributed by atoms with Crippen LogP contribution >= 0.6 is 0 Å². The zero-order valence-electron chi connectivity index (χ0n) is 16.7. The Morgan fingerprint density at radius 1 is 1.00 bits per heavy atom. The molecule has 144 valence electrons. The molecule has 29 heavy (non-hydrogen) atoms. The van der Waals surface area contributed by atoms with Gasteiger partial charge in [-0.15, -0.1) is 0 Å². The van der Waals surface area contributed by atoms with Gasteiger partial charge in [0.2, 0.25) is 0 Å². The summed E-state index contributed by atoms with van der Waals surface area (Å²) in [5, 5.41) is 5.96. The Morgan fingerprint density at radius 2 is 1.83 bits per heavy atom. The molecular formula is C23H22N6. The molecule has 0 aliphatic heterocycles. The number of benzene rings is 2. The molecule has 2 aromatic carbocycles. The number of hydrogen-bond acceptors (Lipinski definition) is 3. The maximum atomic E-state index is 4.79. The van der Waals surface area contributed by atoms with Crippen LogP contribution in [0.1, 0.15) is 17.0 Å². The number of H-pyrrole nitrogens is 1. The summed E-state index contributed by atoms with van der Waals surface area (Å²) < 4.78 is 4.07. The van der Waals surface area contributed by atoms with Gasteiger partial charge in [0.15, 0.2) is 5.82 Å². The number of imidazole rings is 2. The Balaban J connectivity index is 1.67. The number of rotatable bonds is 4. The Bertz CT molecular complexity index is 1310. The highest BCUT2D eigenvalue weighted by Crippen LogP contribution is 2.31. The second kappa shape index (κ2) is 6.74. The van der Waals surface area contributed by atoms with Gasteiger partial charge in [0, 0.05) is 29.9 Å². The molecule has 0 atom stereocenters. The first-order valence-corrected chi connectivity index (χ1v) is 9.65. The van der Waals surface area contributed by atoms with E-state index in [1.165, 1.54) is 10.9 Å². The molecule has 5 rings (SSSR count). The molecule has 0 radical (unpaired) electrons. The highest BCUT2D eigenvalue weighted by atomic mass is 15.3. The number of nitrogens with zero attached hydrogens (tertiary/aromatic N) is 5. The van der Waals surface area contributed by atoms with Crippen molar-refractivity contribution in [3.8, 4) is 22.8 Å². The van der Waals surface area contributed by atoms with Crippen LogP contribution in [0.15, 0.2) is 61.1 Å². The molecule has 5 aromatic rings. The van der Waals surface area contributed by atoms with Gasteiger partial charge in [-0.25, -0.2) is 9.97 Å². The zero-order valence-corrected chi connectivity index (χ0v) is 16.7. The van der Waals surface area contributed by atoms with Crippen molar-refractivity contribution in [2.75, 3.05) is 0 Å². The zero-order chi connectivity index (χ0) is 20.0. The lowest BCUT2D eigenvalue weighted by Crippen LogP contribution is -2.03. The second-order valence-electron chi connectivity index (χ2n) is 7.44. The molecular weight excluding hydrogens is 360 g/mol. The van der Waals surface area contributed by atoms with Gasteiger partial charge in [0.05, 0.1) is 29.8 Å². The third-order valence-electron chi connectivity index (χ3n) is 5.21. The fourth-order valence-corrected chi connectivity index (χ4v) is 3.82. The molecule has 3 heterocycles. The van der Waals surface area contributed by atoms with Crippen molar-refractivity contribution in [2.45, 2.75) is 20.4 Å². The maximum Gasteiger partial charge on any atom is 0.156 e. The van der Waals surface area contributed by atoms with Crippen LogP contribution in [-0.2, 0) is 13.6 Å². The number of aromatic nitrogens is 6. The molecule has 3 aromatic heterocycles. The van der Waals surface area contributed by atoms with Crippen LogP contribution in [0.3, 0.4) is 0 Å². The average molecular weight is 382 g/mol. The molecule has 0 amide bonds. The third-order valence-corrected chi connectivity index (χ3v) is 5.21. The van der Waals surface area contributed by atoms with Gasteiger partial charge < -0.3 is 9.55 Å². The Kier molecular flexibility index (Phi) is 4.05. The monoisotopic (exact) mass is 382 g/mol. The summed E-state index contributed by atoms with van der Waals surface area (Å²) in [7, 11) is 1.99. The molecule has 0 aliphatic carbocycles. The lowest BCUT2D eigenvalue weighted by molar-refractivity contribution is 0.720. The molecule has 0 bridgehead atoms. The van der Waals surface area contributed by atoms with Crippen LogP contribution in [-0.4, -0.2) is 29.3 Å². The smallest absolute Gasteiger partial charge is 0.156 e. The Morgan fingerprint density at radius 3 is 2.59 bits per heavy atom. The maximum absolute atomic E-state index is 4.79. The van der Waals surface area contributed by atoms with Gasteiger partial charge in [-0.1, -0.05) is 42.0 Å². The predicted molar refractivity (Wildman–Crippen MR) is 115 cm³/mol.